The minimum absolute atomic E-state index is 0.0123. The van der Waals surface area contributed by atoms with Crippen molar-refractivity contribution in [3.63, 3.8) is 0 Å². The maximum atomic E-state index is 11.0. The van der Waals surface area contributed by atoms with Crippen molar-refractivity contribution in [2.24, 2.45) is 0 Å². The number of aromatic hydroxyl groups is 3. The lowest BCUT2D eigenvalue weighted by Gasteiger charge is -2.44. The lowest BCUT2D eigenvalue weighted by molar-refractivity contribution is -0.325. The quantitative estimate of drug-likeness (QED) is 0.289. The zero-order valence-electron chi connectivity index (χ0n) is 16.6. The highest BCUT2D eigenvalue weighted by atomic mass is 16.7. The lowest BCUT2D eigenvalue weighted by Crippen LogP contribution is -2.60. The summed E-state index contributed by atoms with van der Waals surface area (Å²) < 4.78 is 17.1. The monoisotopic (exact) mass is 452 g/mol. The fraction of sp³-hybridized carbons (Fsp3) is 0.429. The summed E-state index contributed by atoms with van der Waals surface area (Å²) in [5.74, 6) is -0.792. The topological polar surface area (TPSA) is 190 Å². The van der Waals surface area contributed by atoms with Gasteiger partial charge in [-0.05, 0) is 17.7 Å². The molecule has 32 heavy (non-hydrogen) atoms. The Kier molecular flexibility index (Phi) is 6.14. The van der Waals surface area contributed by atoms with Crippen LogP contribution in [0.3, 0.4) is 0 Å². The second-order valence-electron chi connectivity index (χ2n) is 7.75. The number of hydrogen-bond acceptors (Lipinski definition) is 11. The van der Waals surface area contributed by atoms with Gasteiger partial charge in [-0.1, -0.05) is 12.1 Å². The number of ether oxygens (including phenoxy) is 3. The summed E-state index contributed by atoms with van der Waals surface area (Å²) in [6.45, 7) is -0.668. The van der Waals surface area contributed by atoms with Crippen LogP contribution < -0.4 is 4.74 Å². The van der Waals surface area contributed by atoms with Crippen molar-refractivity contribution in [2.75, 3.05) is 6.61 Å². The molecule has 11 heteroatoms. The van der Waals surface area contributed by atoms with E-state index in [1.807, 2.05) is 0 Å². The standard InChI is InChI=1S/C21H24O11/c22-7-13-15(26)17(28)18(29)21(31-13)32-20-16(27)14-11(25)5-10(24)6-12(14)30-19(20)8-1-3-9(23)4-2-8/h1-6,13,15-29H,7H2. The Morgan fingerprint density at radius 2 is 1.53 bits per heavy atom. The molecule has 0 aromatic heterocycles. The van der Waals surface area contributed by atoms with Crippen LogP contribution >= 0.6 is 0 Å². The summed E-state index contributed by atoms with van der Waals surface area (Å²) in [7, 11) is 0. The predicted molar refractivity (Wildman–Crippen MR) is 105 cm³/mol. The number of benzene rings is 2. The molecule has 0 aliphatic carbocycles. The van der Waals surface area contributed by atoms with E-state index >= 15 is 0 Å². The third-order valence-corrected chi connectivity index (χ3v) is 5.63. The third kappa shape index (κ3) is 3.95. The van der Waals surface area contributed by atoms with Crippen molar-refractivity contribution < 1.29 is 55.1 Å². The molecule has 2 aromatic rings. The van der Waals surface area contributed by atoms with Crippen molar-refractivity contribution in [2.45, 2.75) is 49.0 Å². The van der Waals surface area contributed by atoms with Crippen LogP contribution in [0.2, 0.25) is 0 Å². The van der Waals surface area contributed by atoms with Crippen molar-refractivity contribution in [3.05, 3.63) is 47.5 Å². The van der Waals surface area contributed by atoms with Crippen LogP contribution in [0, 0.1) is 0 Å². The normalized spacial score (nSPS) is 34.5. The predicted octanol–water partition coefficient (Wildman–Crippen LogP) is -0.844. The number of hydrogen-bond donors (Lipinski definition) is 8. The van der Waals surface area contributed by atoms with Gasteiger partial charge in [-0.3, -0.25) is 0 Å². The number of aliphatic hydroxyl groups excluding tert-OH is 5. The van der Waals surface area contributed by atoms with Gasteiger partial charge in [-0.15, -0.1) is 0 Å². The number of phenolic OH excluding ortho intramolecular Hbond substituents is 3. The molecular formula is C21H24O11. The maximum Gasteiger partial charge on any atom is 0.187 e. The van der Waals surface area contributed by atoms with Crippen LogP contribution in [-0.4, -0.2) is 84.3 Å². The van der Waals surface area contributed by atoms with E-state index in [-0.39, 0.29) is 22.8 Å². The summed E-state index contributed by atoms with van der Waals surface area (Å²) in [5.41, 5.74) is 0.359. The van der Waals surface area contributed by atoms with Crippen LogP contribution in [0.4, 0.5) is 0 Å². The Hall–Kier alpha value is -2.64. The average Bonchev–Trinajstić information content (AvgIpc) is 2.75. The van der Waals surface area contributed by atoms with Gasteiger partial charge < -0.3 is 55.1 Å². The minimum Gasteiger partial charge on any atom is -0.508 e. The highest BCUT2D eigenvalue weighted by Crippen LogP contribution is 2.48. The van der Waals surface area contributed by atoms with E-state index in [1.165, 1.54) is 30.3 Å². The second-order valence-corrected chi connectivity index (χ2v) is 7.75. The van der Waals surface area contributed by atoms with E-state index in [9.17, 15) is 40.9 Å². The maximum absolute atomic E-state index is 11.0. The molecule has 4 rings (SSSR count). The molecule has 2 aliphatic heterocycles. The molecule has 2 aromatic carbocycles. The van der Waals surface area contributed by atoms with E-state index in [1.54, 1.807) is 0 Å². The van der Waals surface area contributed by atoms with E-state index in [4.69, 9.17) is 14.2 Å². The van der Waals surface area contributed by atoms with E-state index in [2.05, 4.69) is 0 Å². The fourth-order valence-electron chi connectivity index (χ4n) is 3.93. The van der Waals surface area contributed by atoms with Crippen molar-refractivity contribution in [1.29, 1.82) is 0 Å². The summed E-state index contributed by atoms with van der Waals surface area (Å²) in [4.78, 5) is 0. The van der Waals surface area contributed by atoms with Crippen LogP contribution in [0.5, 0.6) is 23.0 Å². The first-order valence-corrected chi connectivity index (χ1v) is 9.86. The van der Waals surface area contributed by atoms with Crippen LogP contribution in [0.25, 0.3) is 0 Å². The molecule has 8 N–H and O–H groups in total. The number of phenols is 3. The Bertz CT molecular complexity index is 948. The molecular weight excluding hydrogens is 428 g/mol. The van der Waals surface area contributed by atoms with Gasteiger partial charge in [0.1, 0.15) is 59.6 Å². The molecule has 1 fully saturated rings. The first-order chi connectivity index (χ1) is 15.2. The van der Waals surface area contributed by atoms with Gasteiger partial charge in [0.2, 0.25) is 0 Å². The number of rotatable bonds is 4. The molecule has 0 bridgehead atoms. The third-order valence-electron chi connectivity index (χ3n) is 5.63. The van der Waals surface area contributed by atoms with Gasteiger partial charge in [0.05, 0.1) is 12.2 Å². The van der Waals surface area contributed by atoms with Crippen molar-refractivity contribution >= 4 is 0 Å². The minimum atomic E-state index is -1.73. The Balaban J connectivity index is 1.71. The van der Waals surface area contributed by atoms with Crippen molar-refractivity contribution in [1.82, 2.24) is 0 Å². The SMILES string of the molecule is OCC1OC(OC2C(O)c3c(O)cc(O)cc3OC2c2ccc(O)cc2)C(O)C(O)C1O. The lowest BCUT2D eigenvalue weighted by atomic mass is 9.91. The molecule has 0 amide bonds. The van der Waals surface area contributed by atoms with E-state index in [0.29, 0.717) is 5.56 Å². The van der Waals surface area contributed by atoms with Gasteiger partial charge in [-0.2, -0.15) is 0 Å². The average molecular weight is 452 g/mol. The molecule has 8 atom stereocenters. The van der Waals surface area contributed by atoms with E-state index < -0.39 is 61.4 Å². The molecule has 0 saturated carbocycles. The van der Waals surface area contributed by atoms with Gasteiger partial charge in [0.15, 0.2) is 12.4 Å². The first-order valence-electron chi connectivity index (χ1n) is 9.86. The highest BCUT2D eigenvalue weighted by Gasteiger charge is 2.49. The summed E-state index contributed by atoms with van der Waals surface area (Å²) in [5, 5.41) is 80.5. The molecule has 11 nitrogen and oxygen atoms in total. The highest BCUT2D eigenvalue weighted by molar-refractivity contribution is 5.53. The summed E-state index contributed by atoms with van der Waals surface area (Å²) in [6, 6.07) is 7.98. The van der Waals surface area contributed by atoms with E-state index in [0.717, 1.165) is 6.07 Å². The zero-order chi connectivity index (χ0) is 23.2. The molecule has 8 unspecified atom stereocenters. The Morgan fingerprint density at radius 3 is 2.19 bits per heavy atom. The molecule has 2 aliphatic rings. The Morgan fingerprint density at radius 1 is 0.844 bits per heavy atom. The van der Waals surface area contributed by atoms with Crippen LogP contribution in [-0.2, 0) is 9.47 Å². The molecule has 174 valence electrons. The van der Waals surface area contributed by atoms with Gasteiger partial charge in [0, 0.05) is 12.1 Å². The fourth-order valence-corrected chi connectivity index (χ4v) is 3.93. The molecule has 2 heterocycles. The molecule has 1 saturated heterocycles. The largest absolute Gasteiger partial charge is 0.508 e. The molecule has 0 radical (unpaired) electrons. The Labute approximate surface area is 181 Å². The van der Waals surface area contributed by atoms with Crippen molar-refractivity contribution in [3.8, 4) is 23.0 Å². The smallest absolute Gasteiger partial charge is 0.187 e. The van der Waals surface area contributed by atoms with Gasteiger partial charge in [0.25, 0.3) is 0 Å². The van der Waals surface area contributed by atoms with Crippen LogP contribution in [0.15, 0.2) is 36.4 Å². The summed E-state index contributed by atoms with van der Waals surface area (Å²) in [6.07, 6.45) is -11.7. The number of aliphatic hydroxyl groups is 5. The molecule has 0 spiro atoms. The second kappa shape index (κ2) is 8.71. The first kappa shape index (κ1) is 22.6. The number of fused-ring (bicyclic) bond motifs is 1. The summed E-state index contributed by atoms with van der Waals surface area (Å²) >= 11 is 0. The zero-order valence-corrected chi connectivity index (χ0v) is 16.6. The van der Waals surface area contributed by atoms with Gasteiger partial charge >= 0.3 is 0 Å². The van der Waals surface area contributed by atoms with Crippen LogP contribution in [0.1, 0.15) is 23.3 Å². The van der Waals surface area contributed by atoms with Gasteiger partial charge in [-0.25, -0.2) is 0 Å².